The molecule has 2 bridgehead atoms. The van der Waals surface area contributed by atoms with Crippen molar-refractivity contribution < 1.29 is 18.4 Å². The molecule has 4 aliphatic heterocycles. The number of likely N-dealkylation sites (tertiary alicyclic amines) is 4. The summed E-state index contributed by atoms with van der Waals surface area (Å²) in [5, 5.41) is 3.81. The largest absolute Gasteiger partial charge is 0.386 e. The summed E-state index contributed by atoms with van der Waals surface area (Å²) < 4.78 is 28.1. The number of likely N-dealkylation sites (N-methyl/N-ethyl adjacent to an activating group) is 1. The molecule has 2 aromatic heterocycles. The highest BCUT2D eigenvalue weighted by atomic mass is 127. The highest BCUT2D eigenvalue weighted by molar-refractivity contribution is 14.1. The number of benzene rings is 2. The van der Waals surface area contributed by atoms with Gasteiger partial charge in [0.15, 0.2) is 0 Å². The van der Waals surface area contributed by atoms with Crippen molar-refractivity contribution in [2.24, 2.45) is 5.92 Å². The number of aromatic nitrogens is 3. The fourth-order valence-electron chi connectivity index (χ4n) is 9.61. The quantitative estimate of drug-likeness (QED) is 0.161. The number of anilines is 1. The SMILES string of the molecule is CNc1c(Cl)cc(C[C@@H](CC(=O)N2CCC(n3c(=O)[nH]c4c5ccccc5ncc43)CC2)C(=O)N2CCC(N3CC4CC3CN4C)CC2)cc1C(F)(F)I. The first kappa shape index (κ1) is 37.6. The minimum absolute atomic E-state index is 0.0457. The molecule has 0 saturated carbocycles. The number of piperidine rings is 2. The molecule has 15 heteroatoms. The summed E-state index contributed by atoms with van der Waals surface area (Å²) in [5.41, 5.74) is 2.47. The zero-order valence-corrected chi connectivity index (χ0v) is 33.5. The Bertz CT molecular complexity index is 2120. The van der Waals surface area contributed by atoms with Gasteiger partial charge in [0.2, 0.25) is 11.8 Å². The first-order valence-electron chi connectivity index (χ1n) is 19.0. The molecular formula is C39H46ClF2IN8O3. The lowest BCUT2D eigenvalue weighted by Crippen LogP contribution is -2.54. The van der Waals surface area contributed by atoms with E-state index in [0.717, 1.165) is 70.5 Å². The van der Waals surface area contributed by atoms with Crippen molar-refractivity contribution in [3.05, 3.63) is 69.2 Å². The highest BCUT2D eigenvalue weighted by Crippen LogP contribution is 2.43. The Labute approximate surface area is 331 Å². The molecule has 0 spiro atoms. The number of hydrogen-bond donors (Lipinski definition) is 2. The lowest BCUT2D eigenvalue weighted by atomic mass is 9.91. The van der Waals surface area contributed by atoms with Gasteiger partial charge in [0, 0.05) is 105 Å². The molecule has 4 aliphatic rings. The van der Waals surface area contributed by atoms with Gasteiger partial charge in [0.05, 0.1) is 44.9 Å². The van der Waals surface area contributed by atoms with Crippen LogP contribution in [0.1, 0.15) is 55.7 Å². The molecule has 288 valence electrons. The second-order valence-electron chi connectivity index (χ2n) is 15.5. The maximum Gasteiger partial charge on any atom is 0.326 e. The van der Waals surface area contributed by atoms with Crippen LogP contribution in [-0.2, 0) is 19.9 Å². The summed E-state index contributed by atoms with van der Waals surface area (Å²) in [6, 6.07) is 12.2. The number of pyridine rings is 1. The number of halogens is 4. The molecule has 4 aromatic rings. The third kappa shape index (κ3) is 7.11. The topological polar surface area (TPSA) is 110 Å². The minimum atomic E-state index is -3.20. The number of fused-ring (bicyclic) bond motifs is 5. The summed E-state index contributed by atoms with van der Waals surface area (Å²) in [5.74, 6) is -1.03. The monoisotopic (exact) mass is 874 g/mol. The summed E-state index contributed by atoms with van der Waals surface area (Å²) in [6.45, 7) is 4.22. The zero-order valence-electron chi connectivity index (χ0n) is 30.5. The van der Waals surface area contributed by atoms with Gasteiger partial charge in [0.25, 0.3) is 0 Å². The van der Waals surface area contributed by atoms with Crippen LogP contribution in [0.2, 0.25) is 5.02 Å². The average molecular weight is 875 g/mol. The van der Waals surface area contributed by atoms with Gasteiger partial charge < -0.3 is 25.0 Å². The van der Waals surface area contributed by atoms with Crippen molar-refractivity contribution in [3.8, 4) is 0 Å². The Hall–Kier alpha value is -3.34. The Morgan fingerprint density at radius 1 is 1.02 bits per heavy atom. The van der Waals surface area contributed by atoms with E-state index in [1.54, 1.807) is 28.8 Å². The first-order valence-corrected chi connectivity index (χ1v) is 20.4. The van der Waals surface area contributed by atoms with E-state index >= 15 is 0 Å². The van der Waals surface area contributed by atoms with E-state index in [1.807, 2.05) is 29.2 Å². The number of amides is 2. The van der Waals surface area contributed by atoms with Gasteiger partial charge in [-0.15, -0.1) is 0 Å². The molecule has 2 amide bonds. The molecule has 3 atom stereocenters. The lowest BCUT2D eigenvalue weighted by Gasteiger charge is -2.42. The molecule has 4 saturated heterocycles. The number of H-pyrrole nitrogens is 1. The standard InChI is InChI=1S/C39H46ClF2IN8O3/c1-44-36-30(39(41,42)43)16-23(17-31(36)40)15-24(37(53)49-13-7-25(8-14-49)50-22-27-19-28(50)21-47(27)2)18-34(52)48-11-9-26(10-12-48)51-33-20-45-32-6-4-3-5-29(32)35(33)46-38(51)54/h3-6,16-17,20,24-28,44H,7-15,18-19,21-22H2,1-2H3,(H,46,54)/t24-,27?,28?/m0/s1. The Morgan fingerprint density at radius 3 is 2.39 bits per heavy atom. The molecule has 0 aliphatic carbocycles. The smallest absolute Gasteiger partial charge is 0.326 e. The van der Waals surface area contributed by atoms with Crippen LogP contribution in [0.4, 0.5) is 14.5 Å². The molecule has 8 rings (SSSR count). The first-order chi connectivity index (χ1) is 25.9. The van der Waals surface area contributed by atoms with E-state index in [1.165, 1.54) is 12.5 Å². The van der Waals surface area contributed by atoms with Crippen LogP contribution in [0.25, 0.3) is 21.9 Å². The molecule has 4 fully saturated rings. The highest BCUT2D eigenvalue weighted by Gasteiger charge is 2.45. The van der Waals surface area contributed by atoms with Crippen LogP contribution in [0, 0.1) is 5.92 Å². The fourth-order valence-corrected chi connectivity index (χ4v) is 10.4. The molecule has 2 aromatic carbocycles. The van der Waals surface area contributed by atoms with Crippen LogP contribution < -0.4 is 11.0 Å². The van der Waals surface area contributed by atoms with Gasteiger partial charge >= 0.3 is 9.62 Å². The van der Waals surface area contributed by atoms with Crippen molar-refractivity contribution in [3.63, 3.8) is 0 Å². The lowest BCUT2D eigenvalue weighted by molar-refractivity contribution is -0.143. The molecule has 0 radical (unpaired) electrons. The van der Waals surface area contributed by atoms with Crippen LogP contribution in [0.15, 0.2) is 47.4 Å². The average Bonchev–Trinajstić information content (AvgIpc) is 3.85. The second kappa shape index (κ2) is 15.0. The maximum absolute atomic E-state index is 14.8. The summed E-state index contributed by atoms with van der Waals surface area (Å²) in [6.07, 6.45) is 5.89. The molecule has 6 heterocycles. The van der Waals surface area contributed by atoms with Crippen molar-refractivity contribution in [1.29, 1.82) is 0 Å². The molecule has 54 heavy (non-hydrogen) atoms. The van der Waals surface area contributed by atoms with E-state index < -0.39 is 9.85 Å². The number of rotatable bonds is 9. The van der Waals surface area contributed by atoms with Gasteiger partial charge in [-0.25, -0.2) is 4.79 Å². The predicted octanol–water partition coefficient (Wildman–Crippen LogP) is 5.85. The Balaban J connectivity index is 0.981. The Kier molecular flexibility index (Phi) is 10.4. The summed E-state index contributed by atoms with van der Waals surface area (Å²) in [4.78, 5) is 57.9. The predicted molar refractivity (Wildman–Crippen MR) is 215 cm³/mol. The number of aromatic amines is 1. The number of nitrogens with one attached hydrogen (secondary N) is 2. The van der Waals surface area contributed by atoms with Gasteiger partial charge in [0.1, 0.15) is 0 Å². The number of carbonyl (C=O) groups is 2. The third-order valence-electron chi connectivity index (χ3n) is 12.4. The number of hydrogen-bond acceptors (Lipinski definition) is 7. The second-order valence-corrected chi connectivity index (χ2v) is 17.3. The van der Waals surface area contributed by atoms with E-state index in [9.17, 15) is 23.2 Å². The van der Waals surface area contributed by atoms with E-state index in [2.05, 4.69) is 32.1 Å². The number of imidazole rings is 1. The molecule has 2 N–H and O–H groups in total. The third-order valence-corrected chi connectivity index (χ3v) is 13.3. The Morgan fingerprint density at radius 2 is 1.72 bits per heavy atom. The van der Waals surface area contributed by atoms with Crippen LogP contribution in [-0.4, -0.2) is 117 Å². The van der Waals surface area contributed by atoms with E-state index in [0.29, 0.717) is 62.7 Å². The van der Waals surface area contributed by atoms with E-state index in [-0.39, 0.29) is 52.7 Å². The van der Waals surface area contributed by atoms with Crippen molar-refractivity contribution >= 4 is 73.6 Å². The zero-order chi connectivity index (χ0) is 37.9. The van der Waals surface area contributed by atoms with Gasteiger partial charge in [-0.3, -0.25) is 24.0 Å². The number of nitrogens with zero attached hydrogens (tertiary/aromatic N) is 6. The molecule has 11 nitrogen and oxygen atoms in total. The van der Waals surface area contributed by atoms with Gasteiger partial charge in [-0.05, 0) is 69.3 Å². The summed E-state index contributed by atoms with van der Waals surface area (Å²) >= 11 is 7.61. The van der Waals surface area contributed by atoms with Crippen LogP contribution in [0.3, 0.4) is 0 Å². The van der Waals surface area contributed by atoms with Crippen molar-refractivity contribution in [2.45, 2.75) is 73.0 Å². The number of carbonyl (C=O) groups excluding carboxylic acids is 2. The fraction of sp³-hybridized carbons (Fsp3) is 0.538. The van der Waals surface area contributed by atoms with Crippen LogP contribution >= 0.6 is 34.2 Å². The minimum Gasteiger partial charge on any atom is -0.386 e. The van der Waals surface area contributed by atoms with Crippen molar-refractivity contribution in [1.82, 2.24) is 34.1 Å². The number of para-hydroxylation sites is 1. The maximum atomic E-state index is 14.8. The molecule has 2 unspecified atom stereocenters. The van der Waals surface area contributed by atoms with Crippen LogP contribution in [0.5, 0.6) is 0 Å². The van der Waals surface area contributed by atoms with Crippen molar-refractivity contribution in [2.75, 3.05) is 58.7 Å². The number of alkyl halides is 3. The number of piperazine rings is 1. The summed E-state index contributed by atoms with van der Waals surface area (Å²) in [7, 11) is 3.74. The normalized spacial score (nSPS) is 22.5. The molecular weight excluding hydrogens is 829 g/mol. The van der Waals surface area contributed by atoms with E-state index in [4.69, 9.17) is 11.6 Å². The van der Waals surface area contributed by atoms with Gasteiger partial charge in [-0.2, -0.15) is 8.78 Å². The van der Waals surface area contributed by atoms with Gasteiger partial charge in [-0.1, -0.05) is 29.8 Å².